The maximum Gasteiger partial charge on any atom is 0.265 e. The van der Waals surface area contributed by atoms with Gasteiger partial charge in [0.15, 0.2) is 0 Å². The minimum Gasteiger partial charge on any atom is -0.390 e. The molecule has 1 aromatic carbocycles. The first kappa shape index (κ1) is 18.1. The molecule has 0 atom stereocenters. The van der Waals surface area contributed by atoms with Gasteiger partial charge in [0.2, 0.25) is 0 Å². The molecule has 0 unspecified atom stereocenters. The SMILES string of the molecule is CN(C(=O)/C(C#N)=C\NCCCc1ccccc1)C1CCCCC1. The molecule has 0 bridgehead atoms. The summed E-state index contributed by atoms with van der Waals surface area (Å²) in [4.78, 5) is 14.2. The Morgan fingerprint density at radius 3 is 2.67 bits per heavy atom. The topological polar surface area (TPSA) is 56.1 Å². The molecule has 1 aromatic rings. The quantitative estimate of drug-likeness (QED) is 0.475. The number of aryl methyl sites for hydroxylation is 1. The van der Waals surface area contributed by atoms with Crippen LogP contribution < -0.4 is 5.32 Å². The van der Waals surface area contributed by atoms with Crippen molar-refractivity contribution in [1.29, 1.82) is 5.26 Å². The summed E-state index contributed by atoms with van der Waals surface area (Å²) >= 11 is 0. The minimum absolute atomic E-state index is 0.167. The second kappa shape index (κ2) is 9.77. The lowest BCUT2D eigenvalue weighted by Crippen LogP contribution is -2.39. The Kier molecular flexibility index (Phi) is 7.35. The van der Waals surface area contributed by atoms with Crippen LogP contribution in [0.2, 0.25) is 0 Å². The van der Waals surface area contributed by atoms with E-state index in [4.69, 9.17) is 0 Å². The highest BCUT2D eigenvalue weighted by atomic mass is 16.2. The van der Waals surface area contributed by atoms with Crippen LogP contribution in [0.1, 0.15) is 44.1 Å². The molecule has 4 heteroatoms. The zero-order valence-corrected chi connectivity index (χ0v) is 14.5. The Morgan fingerprint density at radius 2 is 2.00 bits per heavy atom. The van der Waals surface area contributed by atoms with Gasteiger partial charge in [0.25, 0.3) is 5.91 Å². The molecule has 24 heavy (non-hydrogen) atoms. The summed E-state index contributed by atoms with van der Waals surface area (Å²) in [5.74, 6) is -0.167. The normalized spacial score (nSPS) is 15.6. The Balaban J connectivity index is 1.78. The van der Waals surface area contributed by atoms with E-state index >= 15 is 0 Å². The lowest BCUT2D eigenvalue weighted by atomic mass is 9.94. The molecule has 0 spiro atoms. The Morgan fingerprint density at radius 1 is 1.29 bits per heavy atom. The fourth-order valence-electron chi connectivity index (χ4n) is 3.18. The highest BCUT2D eigenvalue weighted by molar-refractivity contribution is 5.97. The smallest absolute Gasteiger partial charge is 0.265 e. The minimum atomic E-state index is -0.167. The van der Waals surface area contributed by atoms with Crippen molar-refractivity contribution in [2.45, 2.75) is 51.0 Å². The first-order valence-corrected chi connectivity index (χ1v) is 8.87. The monoisotopic (exact) mass is 325 g/mol. The Hall–Kier alpha value is -2.28. The number of benzene rings is 1. The summed E-state index contributed by atoms with van der Waals surface area (Å²) in [6, 6.07) is 12.6. The fraction of sp³-hybridized carbons (Fsp3) is 0.500. The average molecular weight is 325 g/mol. The number of nitrogens with zero attached hydrogens (tertiary/aromatic N) is 2. The number of amides is 1. The van der Waals surface area contributed by atoms with Crippen molar-refractivity contribution in [2.24, 2.45) is 0 Å². The predicted octanol–water partition coefficient (Wildman–Crippen LogP) is 3.41. The van der Waals surface area contributed by atoms with Crippen LogP contribution in [0.3, 0.4) is 0 Å². The van der Waals surface area contributed by atoms with Gasteiger partial charge in [-0.2, -0.15) is 5.26 Å². The predicted molar refractivity (Wildman–Crippen MR) is 96.1 cm³/mol. The van der Waals surface area contributed by atoms with E-state index in [0.717, 1.165) is 32.2 Å². The third-order valence-corrected chi connectivity index (χ3v) is 4.67. The van der Waals surface area contributed by atoms with Crippen LogP contribution in [0.4, 0.5) is 0 Å². The van der Waals surface area contributed by atoms with Gasteiger partial charge in [-0.1, -0.05) is 49.6 Å². The second-order valence-corrected chi connectivity index (χ2v) is 6.42. The van der Waals surface area contributed by atoms with Crippen LogP contribution in [-0.4, -0.2) is 30.4 Å². The molecule has 1 saturated carbocycles. The van der Waals surface area contributed by atoms with Gasteiger partial charge in [-0.3, -0.25) is 4.79 Å². The maximum absolute atomic E-state index is 12.5. The fourth-order valence-corrected chi connectivity index (χ4v) is 3.18. The van der Waals surface area contributed by atoms with Crippen molar-refractivity contribution in [3.05, 3.63) is 47.7 Å². The van der Waals surface area contributed by atoms with Crippen LogP contribution >= 0.6 is 0 Å². The third-order valence-electron chi connectivity index (χ3n) is 4.67. The van der Waals surface area contributed by atoms with E-state index in [1.807, 2.05) is 31.3 Å². The van der Waals surface area contributed by atoms with E-state index in [1.165, 1.54) is 24.8 Å². The van der Waals surface area contributed by atoms with E-state index in [9.17, 15) is 10.1 Å². The van der Waals surface area contributed by atoms with Crippen molar-refractivity contribution >= 4 is 5.91 Å². The number of hydrogen-bond donors (Lipinski definition) is 1. The van der Waals surface area contributed by atoms with Gasteiger partial charge in [-0.15, -0.1) is 0 Å². The molecule has 1 aliphatic carbocycles. The molecule has 0 radical (unpaired) electrons. The largest absolute Gasteiger partial charge is 0.390 e. The molecule has 0 saturated heterocycles. The number of carbonyl (C=O) groups is 1. The van der Waals surface area contributed by atoms with Gasteiger partial charge in [0.05, 0.1) is 0 Å². The van der Waals surface area contributed by atoms with Gasteiger partial charge >= 0.3 is 0 Å². The standard InChI is InChI=1S/C20H27N3O/c1-23(19-12-6-3-7-13-19)20(24)18(15-21)16-22-14-8-11-17-9-4-2-5-10-17/h2,4-5,9-10,16,19,22H,3,6-8,11-14H2,1H3/b18-16-. The van der Waals surface area contributed by atoms with Crippen molar-refractivity contribution < 1.29 is 4.79 Å². The van der Waals surface area contributed by atoms with Crippen LogP contribution in [-0.2, 0) is 11.2 Å². The van der Waals surface area contributed by atoms with Gasteiger partial charge in [0, 0.05) is 25.8 Å². The molecule has 128 valence electrons. The van der Waals surface area contributed by atoms with Crippen molar-refractivity contribution in [2.75, 3.05) is 13.6 Å². The van der Waals surface area contributed by atoms with Crippen LogP contribution in [0.5, 0.6) is 0 Å². The molecule has 1 aliphatic rings. The van der Waals surface area contributed by atoms with Gasteiger partial charge in [-0.25, -0.2) is 0 Å². The van der Waals surface area contributed by atoms with Gasteiger partial charge < -0.3 is 10.2 Å². The molecule has 0 heterocycles. The van der Waals surface area contributed by atoms with E-state index in [0.29, 0.717) is 0 Å². The highest BCUT2D eigenvalue weighted by Gasteiger charge is 2.24. The highest BCUT2D eigenvalue weighted by Crippen LogP contribution is 2.22. The molecule has 2 rings (SSSR count). The molecule has 0 aromatic heterocycles. The van der Waals surface area contributed by atoms with E-state index in [-0.39, 0.29) is 17.5 Å². The molecule has 1 amide bonds. The third kappa shape index (κ3) is 5.42. The number of carbonyl (C=O) groups excluding carboxylic acids is 1. The first-order valence-electron chi connectivity index (χ1n) is 8.87. The molecule has 1 N–H and O–H groups in total. The van der Waals surface area contributed by atoms with Crippen LogP contribution in [0.15, 0.2) is 42.1 Å². The molecule has 0 aliphatic heterocycles. The molecular formula is C20H27N3O. The number of rotatable bonds is 7. The molecule has 4 nitrogen and oxygen atoms in total. The Bertz CT molecular complexity index is 583. The molecule has 1 fully saturated rings. The van der Waals surface area contributed by atoms with Crippen LogP contribution in [0, 0.1) is 11.3 Å². The lowest BCUT2D eigenvalue weighted by Gasteiger charge is -2.31. The molecular weight excluding hydrogens is 298 g/mol. The van der Waals surface area contributed by atoms with E-state index in [1.54, 1.807) is 11.1 Å². The first-order chi connectivity index (χ1) is 11.7. The average Bonchev–Trinajstić information content (AvgIpc) is 2.65. The number of hydrogen-bond acceptors (Lipinski definition) is 3. The van der Waals surface area contributed by atoms with Crippen molar-refractivity contribution in [1.82, 2.24) is 10.2 Å². The zero-order valence-electron chi connectivity index (χ0n) is 14.5. The van der Waals surface area contributed by atoms with E-state index in [2.05, 4.69) is 17.4 Å². The summed E-state index contributed by atoms with van der Waals surface area (Å²) in [6.07, 6.45) is 9.22. The second-order valence-electron chi connectivity index (χ2n) is 6.42. The summed E-state index contributed by atoms with van der Waals surface area (Å²) in [7, 11) is 1.82. The lowest BCUT2D eigenvalue weighted by molar-refractivity contribution is -0.128. The summed E-state index contributed by atoms with van der Waals surface area (Å²) in [6.45, 7) is 0.750. The number of likely N-dealkylation sites (N-methyl/N-ethyl adjacent to an activating group) is 1. The summed E-state index contributed by atoms with van der Waals surface area (Å²) in [5, 5.41) is 12.4. The van der Waals surface area contributed by atoms with E-state index < -0.39 is 0 Å². The summed E-state index contributed by atoms with van der Waals surface area (Å²) < 4.78 is 0. The van der Waals surface area contributed by atoms with Gasteiger partial charge in [0.1, 0.15) is 11.6 Å². The van der Waals surface area contributed by atoms with Crippen molar-refractivity contribution in [3.8, 4) is 6.07 Å². The van der Waals surface area contributed by atoms with Gasteiger partial charge in [-0.05, 0) is 31.2 Å². The van der Waals surface area contributed by atoms with Crippen molar-refractivity contribution in [3.63, 3.8) is 0 Å². The Labute approximate surface area is 145 Å². The number of nitrogens with one attached hydrogen (secondary N) is 1. The number of nitriles is 1. The maximum atomic E-state index is 12.5. The zero-order chi connectivity index (χ0) is 17.2. The summed E-state index contributed by atoms with van der Waals surface area (Å²) in [5.41, 5.74) is 1.50. The van der Waals surface area contributed by atoms with Crippen LogP contribution in [0.25, 0.3) is 0 Å².